The van der Waals surface area contributed by atoms with E-state index in [1.165, 1.54) is 0 Å². The molecule has 0 unspecified atom stereocenters. The average molecular weight is 265 g/mol. The Morgan fingerprint density at radius 3 is 3.11 bits per heavy atom. The Morgan fingerprint density at radius 2 is 2.44 bits per heavy atom. The van der Waals surface area contributed by atoms with Crippen LogP contribution in [0.2, 0.25) is 0 Å². The van der Waals surface area contributed by atoms with Crippen molar-refractivity contribution in [1.29, 1.82) is 0 Å². The molecule has 0 radical (unpaired) electrons. The molecule has 0 aliphatic heterocycles. The van der Waals surface area contributed by atoms with E-state index >= 15 is 0 Å². The Balaban J connectivity index is 2.02. The van der Waals surface area contributed by atoms with Crippen LogP contribution in [0.3, 0.4) is 0 Å². The number of amides is 1. The highest BCUT2D eigenvalue weighted by atomic mass is 32.1. The number of carbonyl (C=O) groups is 1. The zero-order valence-electron chi connectivity index (χ0n) is 10.1. The van der Waals surface area contributed by atoms with E-state index in [1.54, 1.807) is 22.1 Å². The minimum atomic E-state index is -0.0726. The van der Waals surface area contributed by atoms with Gasteiger partial charge in [0.1, 0.15) is 5.82 Å². The molecule has 0 atom stereocenters. The quantitative estimate of drug-likeness (QED) is 0.859. The molecular formula is C12H15N3O2S. The fourth-order valence-electron chi connectivity index (χ4n) is 1.67. The molecule has 96 valence electrons. The first-order valence-corrected chi connectivity index (χ1v) is 6.54. The van der Waals surface area contributed by atoms with E-state index in [-0.39, 0.29) is 12.5 Å². The average Bonchev–Trinajstić information content (AvgIpc) is 2.90. The fourth-order valence-corrected chi connectivity index (χ4v) is 2.37. The van der Waals surface area contributed by atoms with Gasteiger partial charge < -0.3 is 10.4 Å². The zero-order valence-corrected chi connectivity index (χ0v) is 10.9. The van der Waals surface area contributed by atoms with E-state index in [0.29, 0.717) is 18.8 Å². The van der Waals surface area contributed by atoms with Gasteiger partial charge in [-0.2, -0.15) is 5.10 Å². The molecule has 1 amide bonds. The Bertz CT molecular complexity index is 519. The number of thiophene rings is 1. The maximum Gasteiger partial charge on any atom is 0.230 e. The van der Waals surface area contributed by atoms with Crippen LogP contribution in [0.25, 0.3) is 0 Å². The number of hydrogen-bond acceptors (Lipinski definition) is 4. The number of aromatic nitrogens is 2. The smallest absolute Gasteiger partial charge is 0.230 e. The molecule has 0 aliphatic rings. The number of aliphatic hydroxyl groups is 1. The summed E-state index contributed by atoms with van der Waals surface area (Å²) in [5.41, 5.74) is 0.815. The molecule has 2 aromatic rings. The molecule has 6 heteroatoms. The Kier molecular flexibility index (Phi) is 4.11. The van der Waals surface area contributed by atoms with Crippen LogP contribution < -0.4 is 5.32 Å². The van der Waals surface area contributed by atoms with Crippen LogP contribution in [0.5, 0.6) is 0 Å². The SMILES string of the molecule is Cc1cc(NC(=O)Cc2cccs2)n(CCO)n1. The van der Waals surface area contributed by atoms with E-state index in [2.05, 4.69) is 10.4 Å². The van der Waals surface area contributed by atoms with Crippen LogP contribution in [0.15, 0.2) is 23.6 Å². The van der Waals surface area contributed by atoms with Crippen molar-refractivity contribution in [2.24, 2.45) is 0 Å². The molecule has 2 heterocycles. The summed E-state index contributed by atoms with van der Waals surface area (Å²) in [6, 6.07) is 5.65. The Hall–Kier alpha value is -1.66. The van der Waals surface area contributed by atoms with Gasteiger partial charge in [0.2, 0.25) is 5.91 Å². The standard InChI is InChI=1S/C12H15N3O2S/c1-9-7-11(15(14-9)4-5-16)13-12(17)8-10-3-2-6-18-10/h2-3,6-7,16H,4-5,8H2,1H3,(H,13,17). The van der Waals surface area contributed by atoms with Crippen molar-refractivity contribution >= 4 is 23.1 Å². The molecule has 0 aliphatic carbocycles. The summed E-state index contributed by atoms with van der Waals surface area (Å²) in [6.45, 7) is 2.22. The highest BCUT2D eigenvalue weighted by Gasteiger charge is 2.10. The first kappa shape index (κ1) is 12.8. The van der Waals surface area contributed by atoms with Crippen LogP contribution in [-0.4, -0.2) is 27.4 Å². The molecule has 0 bridgehead atoms. The van der Waals surface area contributed by atoms with Crippen LogP contribution >= 0.6 is 11.3 Å². The van der Waals surface area contributed by atoms with Gasteiger partial charge >= 0.3 is 0 Å². The van der Waals surface area contributed by atoms with Crippen molar-refractivity contribution in [3.63, 3.8) is 0 Å². The van der Waals surface area contributed by atoms with Gasteiger partial charge in [0.05, 0.1) is 25.3 Å². The summed E-state index contributed by atoms with van der Waals surface area (Å²) in [5, 5.41) is 17.9. The Labute approximate surface area is 109 Å². The third-order valence-electron chi connectivity index (χ3n) is 2.40. The molecule has 0 fully saturated rings. The van der Waals surface area contributed by atoms with Gasteiger partial charge in [0.25, 0.3) is 0 Å². The summed E-state index contributed by atoms with van der Waals surface area (Å²) < 4.78 is 1.60. The van der Waals surface area contributed by atoms with Crippen molar-refractivity contribution in [3.05, 3.63) is 34.2 Å². The van der Waals surface area contributed by atoms with E-state index < -0.39 is 0 Å². The molecule has 2 N–H and O–H groups in total. The second-order valence-corrected chi connectivity index (χ2v) is 4.95. The van der Waals surface area contributed by atoms with Gasteiger partial charge in [0.15, 0.2) is 0 Å². The van der Waals surface area contributed by atoms with E-state index in [4.69, 9.17) is 5.11 Å². The van der Waals surface area contributed by atoms with Crippen LogP contribution in [0, 0.1) is 6.92 Å². The van der Waals surface area contributed by atoms with Crippen molar-refractivity contribution in [3.8, 4) is 0 Å². The first-order chi connectivity index (χ1) is 8.69. The number of anilines is 1. The lowest BCUT2D eigenvalue weighted by atomic mass is 10.3. The minimum absolute atomic E-state index is 0.00504. The lowest BCUT2D eigenvalue weighted by Crippen LogP contribution is -2.18. The van der Waals surface area contributed by atoms with Crippen LogP contribution in [0.4, 0.5) is 5.82 Å². The molecule has 0 saturated carbocycles. The van der Waals surface area contributed by atoms with Crippen molar-refractivity contribution in [1.82, 2.24) is 9.78 Å². The topological polar surface area (TPSA) is 67.2 Å². The van der Waals surface area contributed by atoms with Gasteiger partial charge in [0, 0.05) is 10.9 Å². The van der Waals surface area contributed by atoms with Crippen molar-refractivity contribution in [2.45, 2.75) is 19.9 Å². The van der Waals surface area contributed by atoms with E-state index in [9.17, 15) is 4.79 Å². The summed E-state index contributed by atoms with van der Waals surface area (Å²) in [5.74, 6) is 0.555. The largest absolute Gasteiger partial charge is 0.394 e. The predicted octanol–water partition coefficient (Wildman–Crippen LogP) is 1.43. The predicted molar refractivity (Wildman–Crippen MR) is 70.7 cm³/mol. The van der Waals surface area contributed by atoms with Crippen LogP contribution in [0.1, 0.15) is 10.6 Å². The summed E-state index contributed by atoms with van der Waals surface area (Å²) >= 11 is 1.56. The number of rotatable bonds is 5. The molecule has 0 saturated heterocycles. The number of nitrogens with zero attached hydrogens (tertiary/aromatic N) is 2. The highest BCUT2D eigenvalue weighted by Crippen LogP contribution is 2.13. The monoisotopic (exact) mass is 265 g/mol. The molecule has 18 heavy (non-hydrogen) atoms. The maximum atomic E-state index is 11.8. The van der Waals surface area contributed by atoms with Gasteiger partial charge in [-0.3, -0.25) is 4.79 Å². The summed E-state index contributed by atoms with van der Waals surface area (Å²) in [6.07, 6.45) is 0.362. The second kappa shape index (κ2) is 5.79. The molecule has 5 nitrogen and oxygen atoms in total. The highest BCUT2D eigenvalue weighted by molar-refractivity contribution is 7.10. The van der Waals surface area contributed by atoms with Crippen molar-refractivity contribution < 1.29 is 9.90 Å². The van der Waals surface area contributed by atoms with Crippen molar-refractivity contribution in [2.75, 3.05) is 11.9 Å². The first-order valence-electron chi connectivity index (χ1n) is 5.66. The van der Waals surface area contributed by atoms with Gasteiger partial charge in [-0.15, -0.1) is 11.3 Å². The molecule has 0 aromatic carbocycles. The summed E-state index contributed by atoms with van der Waals surface area (Å²) in [4.78, 5) is 12.9. The normalized spacial score (nSPS) is 10.6. The summed E-state index contributed by atoms with van der Waals surface area (Å²) in [7, 11) is 0. The number of nitrogens with one attached hydrogen (secondary N) is 1. The zero-order chi connectivity index (χ0) is 13.0. The number of carbonyl (C=O) groups excluding carboxylic acids is 1. The fraction of sp³-hybridized carbons (Fsp3) is 0.333. The number of aryl methyl sites for hydroxylation is 1. The van der Waals surface area contributed by atoms with Gasteiger partial charge in [-0.05, 0) is 18.4 Å². The molecule has 2 aromatic heterocycles. The van der Waals surface area contributed by atoms with Crippen LogP contribution in [-0.2, 0) is 17.8 Å². The second-order valence-electron chi connectivity index (χ2n) is 3.92. The number of aliphatic hydroxyl groups excluding tert-OH is 1. The molecular weight excluding hydrogens is 250 g/mol. The van der Waals surface area contributed by atoms with Gasteiger partial charge in [-0.25, -0.2) is 4.68 Å². The molecule has 2 rings (SSSR count). The molecule has 0 spiro atoms. The number of hydrogen-bond donors (Lipinski definition) is 2. The maximum absolute atomic E-state index is 11.8. The lowest BCUT2D eigenvalue weighted by molar-refractivity contribution is -0.115. The van der Waals surface area contributed by atoms with Gasteiger partial charge in [-0.1, -0.05) is 6.07 Å². The van der Waals surface area contributed by atoms with E-state index in [0.717, 1.165) is 10.6 Å². The third-order valence-corrected chi connectivity index (χ3v) is 3.27. The van der Waals surface area contributed by atoms with E-state index in [1.807, 2.05) is 24.4 Å². The lowest BCUT2D eigenvalue weighted by Gasteiger charge is -2.06. The minimum Gasteiger partial charge on any atom is -0.394 e. The Morgan fingerprint density at radius 1 is 1.61 bits per heavy atom. The third kappa shape index (κ3) is 3.18.